The number of imidazole rings is 1. The van der Waals surface area contributed by atoms with Crippen LogP contribution in [0, 0.1) is 6.92 Å². The van der Waals surface area contributed by atoms with E-state index in [9.17, 15) is 8.42 Å². The Labute approximate surface area is 108 Å². The van der Waals surface area contributed by atoms with E-state index in [1.54, 1.807) is 24.7 Å². The Bertz CT molecular complexity index is 518. The average molecular weight is 272 g/mol. The van der Waals surface area contributed by atoms with Gasteiger partial charge in [0.2, 0.25) is 0 Å². The number of nitrogens with one attached hydrogen (secondary N) is 1. The normalized spacial score (nSPS) is 26.4. The molecule has 1 aliphatic rings. The summed E-state index contributed by atoms with van der Waals surface area (Å²) in [6, 6.07) is 0.120. The summed E-state index contributed by atoms with van der Waals surface area (Å²) in [5, 5.41) is 3.41. The minimum atomic E-state index is -3.48. The van der Waals surface area contributed by atoms with E-state index in [4.69, 9.17) is 0 Å². The number of nitrogens with zero attached hydrogens (tertiary/aromatic N) is 3. The van der Waals surface area contributed by atoms with Crippen LogP contribution >= 0.6 is 0 Å². The summed E-state index contributed by atoms with van der Waals surface area (Å²) >= 11 is 0. The molecule has 0 bridgehead atoms. The fourth-order valence-corrected chi connectivity index (χ4v) is 3.84. The molecule has 1 aliphatic heterocycles. The number of hydrogen-bond acceptors (Lipinski definition) is 4. The van der Waals surface area contributed by atoms with Gasteiger partial charge in [-0.15, -0.1) is 0 Å². The molecule has 0 amide bonds. The third-order valence-corrected chi connectivity index (χ3v) is 5.22. The zero-order valence-electron chi connectivity index (χ0n) is 11.2. The van der Waals surface area contributed by atoms with Crippen LogP contribution in [0.5, 0.6) is 0 Å². The van der Waals surface area contributed by atoms with Crippen LogP contribution in [-0.4, -0.2) is 47.4 Å². The molecule has 0 spiro atoms. The van der Waals surface area contributed by atoms with Crippen LogP contribution in [0.15, 0.2) is 11.2 Å². The van der Waals surface area contributed by atoms with Gasteiger partial charge < -0.3 is 9.88 Å². The molecule has 0 radical (unpaired) electrons. The minimum Gasteiger partial charge on any atom is -0.337 e. The minimum absolute atomic E-state index is 0.0477. The molecule has 18 heavy (non-hydrogen) atoms. The molecule has 1 aromatic heterocycles. The van der Waals surface area contributed by atoms with Gasteiger partial charge in [0.25, 0.3) is 10.0 Å². The molecule has 2 atom stereocenters. The van der Waals surface area contributed by atoms with E-state index in [1.807, 2.05) is 13.8 Å². The van der Waals surface area contributed by atoms with Crippen molar-refractivity contribution in [3.8, 4) is 0 Å². The van der Waals surface area contributed by atoms with Crippen molar-refractivity contribution in [3.05, 3.63) is 12.0 Å². The van der Waals surface area contributed by atoms with E-state index >= 15 is 0 Å². The summed E-state index contributed by atoms with van der Waals surface area (Å²) < 4.78 is 28.3. The molecule has 1 N–H and O–H groups in total. The highest BCUT2D eigenvalue weighted by atomic mass is 32.2. The van der Waals surface area contributed by atoms with Crippen LogP contribution in [0.2, 0.25) is 0 Å². The average Bonchev–Trinajstić information content (AvgIpc) is 2.63. The number of hydrogen-bond donors (Lipinski definition) is 1. The molecule has 1 aromatic rings. The van der Waals surface area contributed by atoms with Crippen molar-refractivity contribution >= 4 is 10.0 Å². The van der Waals surface area contributed by atoms with Crippen LogP contribution in [0.25, 0.3) is 0 Å². The molecule has 1 fully saturated rings. The SMILES string of the molecule is Cc1nc(S(=O)(=O)N2CC(C)NCC2C)cn1C. The summed E-state index contributed by atoms with van der Waals surface area (Å²) in [4.78, 5) is 4.13. The molecule has 1 saturated heterocycles. The highest BCUT2D eigenvalue weighted by Crippen LogP contribution is 2.19. The predicted octanol–water partition coefficient (Wildman–Crippen LogP) is 0.0994. The molecule has 0 aliphatic carbocycles. The third kappa shape index (κ3) is 2.30. The van der Waals surface area contributed by atoms with Crippen LogP contribution < -0.4 is 5.32 Å². The van der Waals surface area contributed by atoms with E-state index in [0.29, 0.717) is 18.9 Å². The lowest BCUT2D eigenvalue weighted by molar-refractivity contribution is 0.244. The maximum atomic E-state index is 12.5. The van der Waals surface area contributed by atoms with Crippen molar-refractivity contribution in [2.45, 2.75) is 37.9 Å². The van der Waals surface area contributed by atoms with Gasteiger partial charge in [-0.05, 0) is 20.8 Å². The summed E-state index contributed by atoms with van der Waals surface area (Å²) in [5.41, 5.74) is 0. The first kappa shape index (κ1) is 13.5. The molecular weight excluding hydrogens is 252 g/mol. The second-order valence-corrected chi connectivity index (χ2v) is 6.81. The largest absolute Gasteiger partial charge is 0.337 e. The van der Waals surface area contributed by atoms with Crippen LogP contribution in [0.1, 0.15) is 19.7 Å². The third-order valence-electron chi connectivity index (χ3n) is 3.37. The van der Waals surface area contributed by atoms with Gasteiger partial charge in [0.15, 0.2) is 5.03 Å². The van der Waals surface area contributed by atoms with Gasteiger partial charge in [0.1, 0.15) is 5.82 Å². The van der Waals surface area contributed by atoms with E-state index in [2.05, 4.69) is 10.3 Å². The Morgan fingerprint density at radius 3 is 2.67 bits per heavy atom. The molecule has 102 valence electrons. The van der Waals surface area contributed by atoms with Gasteiger partial charge in [-0.25, -0.2) is 13.4 Å². The van der Waals surface area contributed by atoms with Crippen molar-refractivity contribution in [1.82, 2.24) is 19.2 Å². The quantitative estimate of drug-likeness (QED) is 0.829. The van der Waals surface area contributed by atoms with Gasteiger partial charge in [0.05, 0.1) is 0 Å². The van der Waals surface area contributed by atoms with Crippen molar-refractivity contribution in [2.75, 3.05) is 13.1 Å². The van der Waals surface area contributed by atoms with Crippen molar-refractivity contribution in [1.29, 1.82) is 0 Å². The summed E-state index contributed by atoms with van der Waals surface area (Å²) in [6.45, 7) is 6.85. The maximum absolute atomic E-state index is 12.5. The maximum Gasteiger partial charge on any atom is 0.262 e. The Morgan fingerprint density at radius 2 is 2.11 bits per heavy atom. The van der Waals surface area contributed by atoms with Gasteiger partial charge in [-0.1, -0.05) is 0 Å². The second kappa shape index (κ2) is 4.64. The smallest absolute Gasteiger partial charge is 0.262 e. The molecule has 2 unspecified atom stereocenters. The van der Waals surface area contributed by atoms with E-state index in [-0.39, 0.29) is 17.1 Å². The van der Waals surface area contributed by atoms with Crippen molar-refractivity contribution < 1.29 is 8.42 Å². The lowest BCUT2D eigenvalue weighted by atomic mass is 10.2. The Hall–Kier alpha value is -0.920. The Morgan fingerprint density at radius 1 is 1.44 bits per heavy atom. The number of sulfonamides is 1. The van der Waals surface area contributed by atoms with E-state index in [0.717, 1.165) is 0 Å². The van der Waals surface area contributed by atoms with Crippen molar-refractivity contribution in [3.63, 3.8) is 0 Å². The Kier molecular flexibility index (Phi) is 3.48. The highest BCUT2D eigenvalue weighted by molar-refractivity contribution is 7.89. The monoisotopic (exact) mass is 272 g/mol. The summed E-state index contributed by atoms with van der Waals surface area (Å²) in [5.74, 6) is 0.699. The molecular formula is C11H20N4O2S. The van der Waals surface area contributed by atoms with Crippen LogP contribution in [0.4, 0.5) is 0 Å². The first-order valence-electron chi connectivity index (χ1n) is 6.07. The highest BCUT2D eigenvalue weighted by Gasteiger charge is 2.34. The first-order valence-corrected chi connectivity index (χ1v) is 7.51. The fourth-order valence-electron chi connectivity index (χ4n) is 2.09. The Balaban J connectivity index is 2.35. The molecule has 2 heterocycles. The van der Waals surface area contributed by atoms with Gasteiger partial charge in [0, 0.05) is 38.4 Å². The van der Waals surface area contributed by atoms with Crippen LogP contribution in [-0.2, 0) is 17.1 Å². The lowest BCUT2D eigenvalue weighted by Crippen LogP contribution is -2.56. The fraction of sp³-hybridized carbons (Fsp3) is 0.727. The summed E-state index contributed by atoms with van der Waals surface area (Å²) in [7, 11) is -1.69. The number of aromatic nitrogens is 2. The van der Waals surface area contributed by atoms with Gasteiger partial charge in [-0.2, -0.15) is 4.31 Å². The molecule has 6 nitrogen and oxygen atoms in total. The van der Waals surface area contributed by atoms with E-state index in [1.165, 1.54) is 4.31 Å². The number of aryl methyl sites for hydroxylation is 2. The molecule has 0 aromatic carbocycles. The van der Waals surface area contributed by atoms with Gasteiger partial charge in [-0.3, -0.25) is 0 Å². The second-order valence-electron chi connectivity index (χ2n) is 4.97. The van der Waals surface area contributed by atoms with Gasteiger partial charge >= 0.3 is 0 Å². The first-order chi connectivity index (χ1) is 8.32. The summed E-state index contributed by atoms with van der Waals surface area (Å²) in [6.07, 6.45) is 1.57. The topological polar surface area (TPSA) is 67.2 Å². The lowest BCUT2D eigenvalue weighted by Gasteiger charge is -2.35. The van der Waals surface area contributed by atoms with Crippen LogP contribution in [0.3, 0.4) is 0 Å². The molecule has 2 rings (SSSR count). The zero-order chi connectivity index (χ0) is 13.5. The zero-order valence-corrected chi connectivity index (χ0v) is 12.0. The molecule has 7 heteroatoms. The van der Waals surface area contributed by atoms with E-state index < -0.39 is 10.0 Å². The molecule has 0 saturated carbocycles. The predicted molar refractivity (Wildman–Crippen MR) is 68.8 cm³/mol. The number of piperazine rings is 1. The van der Waals surface area contributed by atoms with Crippen molar-refractivity contribution in [2.24, 2.45) is 7.05 Å². The standard InChI is InChI=1S/C11H20N4O2S/c1-8-6-15(9(2)5-12-8)18(16,17)11-7-14(4)10(3)13-11/h7-9,12H,5-6H2,1-4H3. The number of rotatable bonds is 2.